The lowest BCUT2D eigenvalue weighted by molar-refractivity contribution is 0.128. The second kappa shape index (κ2) is 8.49. The van der Waals surface area contributed by atoms with Crippen LogP contribution in [-0.2, 0) is 6.61 Å². The summed E-state index contributed by atoms with van der Waals surface area (Å²) >= 11 is 12.5. The number of halogens is 3. The van der Waals surface area contributed by atoms with E-state index in [0.29, 0.717) is 64.4 Å². The van der Waals surface area contributed by atoms with Crippen LogP contribution in [-0.4, -0.2) is 40.9 Å². The molecule has 0 amide bonds. The van der Waals surface area contributed by atoms with Gasteiger partial charge in [-0.15, -0.1) is 0 Å². The van der Waals surface area contributed by atoms with Gasteiger partial charge in [-0.1, -0.05) is 35.3 Å². The second-order valence-corrected chi connectivity index (χ2v) is 8.24. The van der Waals surface area contributed by atoms with Gasteiger partial charge in [0.2, 0.25) is 0 Å². The molecule has 1 aromatic heterocycles. The third-order valence-corrected chi connectivity index (χ3v) is 6.59. The van der Waals surface area contributed by atoms with Crippen molar-refractivity contribution in [1.82, 2.24) is 9.97 Å². The highest BCUT2D eigenvalue weighted by atomic mass is 35.5. The van der Waals surface area contributed by atoms with Crippen LogP contribution in [0.25, 0.3) is 11.3 Å². The molecule has 2 heterocycles. The number of aromatic nitrogens is 2. The van der Waals surface area contributed by atoms with Crippen molar-refractivity contribution < 1.29 is 9.50 Å². The Morgan fingerprint density at radius 1 is 1.29 bits per heavy atom. The van der Waals surface area contributed by atoms with Gasteiger partial charge in [0.15, 0.2) is 5.82 Å². The van der Waals surface area contributed by atoms with Crippen molar-refractivity contribution in [1.29, 1.82) is 0 Å². The number of piperidine rings is 1. The van der Waals surface area contributed by atoms with Crippen LogP contribution < -0.4 is 10.6 Å². The molecule has 3 rings (SSSR count). The summed E-state index contributed by atoms with van der Waals surface area (Å²) in [7, 11) is 0. The van der Waals surface area contributed by atoms with E-state index in [1.165, 1.54) is 0 Å². The Labute approximate surface area is 174 Å². The molecule has 28 heavy (non-hydrogen) atoms. The lowest BCUT2D eigenvalue weighted by Crippen LogP contribution is -2.50. The molecule has 0 radical (unpaired) electrons. The standard InChI is InChI=1S/C20H25Cl2FN4O/c1-12-18(14-4-3-5-15(21)17(14)22)26-16(10-28)19(25-12)27-8-6-20(11-23,7-9-27)13(2)24/h3-5,13,28H,6-11,24H2,1-2H3/t13-/m0/s1. The molecule has 1 aromatic carbocycles. The predicted molar refractivity (Wildman–Crippen MR) is 112 cm³/mol. The number of aryl methyl sites for hydroxylation is 1. The maximum absolute atomic E-state index is 13.6. The van der Waals surface area contributed by atoms with E-state index in [9.17, 15) is 9.50 Å². The topological polar surface area (TPSA) is 75.3 Å². The molecule has 0 saturated carbocycles. The van der Waals surface area contributed by atoms with Gasteiger partial charge in [-0.3, -0.25) is 4.39 Å². The Morgan fingerprint density at radius 2 is 1.96 bits per heavy atom. The van der Waals surface area contributed by atoms with Crippen LogP contribution in [0.5, 0.6) is 0 Å². The quantitative estimate of drug-likeness (QED) is 0.750. The van der Waals surface area contributed by atoms with Crippen LogP contribution >= 0.6 is 23.2 Å². The van der Waals surface area contributed by atoms with Gasteiger partial charge in [0.25, 0.3) is 0 Å². The first-order valence-electron chi connectivity index (χ1n) is 9.32. The summed E-state index contributed by atoms with van der Waals surface area (Å²) in [6, 6.07) is 5.12. The van der Waals surface area contributed by atoms with E-state index in [1.807, 2.05) is 24.8 Å². The molecule has 1 aliphatic heterocycles. The molecule has 8 heteroatoms. The minimum Gasteiger partial charge on any atom is -0.390 e. The number of hydrogen-bond acceptors (Lipinski definition) is 5. The summed E-state index contributed by atoms with van der Waals surface area (Å²) in [4.78, 5) is 11.4. The maximum Gasteiger partial charge on any atom is 0.153 e. The van der Waals surface area contributed by atoms with Crippen LogP contribution in [0, 0.1) is 12.3 Å². The first-order valence-corrected chi connectivity index (χ1v) is 10.1. The largest absolute Gasteiger partial charge is 0.390 e. The van der Waals surface area contributed by atoms with Crippen LogP contribution in [0.1, 0.15) is 31.2 Å². The first kappa shape index (κ1) is 21.2. The number of aliphatic hydroxyl groups excluding tert-OH is 1. The Balaban J connectivity index is 1.94. The number of hydrogen-bond donors (Lipinski definition) is 2. The molecule has 1 fully saturated rings. The van der Waals surface area contributed by atoms with Gasteiger partial charge in [-0.2, -0.15) is 0 Å². The molecule has 152 valence electrons. The van der Waals surface area contributed by atoms with Crippen molar-refractivity contribution in [2.75, 3.05) is 24.7 Å². The average Bonchev–Trinajstić information content (AvgIpc) is 2.70. The molecule has 0 spiro atoms. The van der Waals surface area contributed by atoms with Crippen LogP contribution in [0.15, 0.2) is 18.2 Å². The van der Waals surface area contributed by atoms with Crippen LogP contribution in [0.3, 0.4) is 0 Å². The SMILES string of the molecule is Cc1nc(N2CCC(CF)([C@H](C)N)CC2)c(CO)nc1-c1cccc(Cl)c1Cl. The summed E-state index contributed by atoms with van der Waals surface area (Å²) in [5.41, 5.74) is 7.96. The summed E-state index contributed by atoms with van der Waals surface area (Å²) < 4.78 is 13.6. The van der Waals surface area contributed by atoms with E-state index in [2.05, 4.69) is 4.98 Å². The molecular formula is C20H25Cl2FN4O. The molecule has 0 unspecified atom stereocenters. The first-order chi connectivity index (χ1) is 13.3. The van der Waals surface area contributed by atoms with Crippen molar-refractivity contribution in [2.45, 2.75) is 39.3 Å². The molecule has 5 nitrogen and oxygen atoms in total. The summed E-state index contributed by atoms with van der Waals surface area (Å²) in [5.74, 6) is 0.624. The predicted octanol–water partition coefficient (Wildman–Crippen LogP) is 4.15. The van der Waals surface area contributed by atoms with Crippen LogP contribution in [0.4, 0.5) is 10.2 Å². The van der Waals surface area contributed by atoms with Crippen molar-refractivity contribution >= 4 is 29.0 Å². The minimum absolute atomic E-state index is 0.211. The van der Waals surface area contributed by atoms with Gasteiger partial charge in [0.05, 0.1) is 34.7 Å². The Bertz CT molecular complexity index is 854. The highest BCUT2D eigenvalue weighted by molar-refractivity contribution is 6.43. The number of aliphatic hydroxyl groups is 1. The summed E-state index contributed by atoms with van der Waals surface area (Å²) in [5, 5.41) is 10.7. The number of benzene rings is 1. The van der Waals surface area contributed by atoms with E-state index >= 15 is 0 Å². The monoisotopic (exact) mass is 426 g/mol. The zero-order valence-electron chi connectivity index (χ0n) is 16.1. The highest BCUT2D eigenvalue weighted by Crippen LogP contribution is 2.38. The molecule has 3 N–H and O–H groups in total. The van der Waals surface area contributed by atoms with E-state index in [0.717, 1.165) is 0 Å². The lowest BCUT2D eigenvalue weighted by Gasteiger charge is -2.43. The zero-order chi connectivity index (χ0) is 20.5. The summed E-state index contributed by atoms with van der Waals surface area (Å²) in [6.07, 6.45) is 1.27. The van der Waals surface area contributed by atoms with E-state index in [-0.39, 0.29) is 12.6 Å². The molecule has 1 saturated heterocycles. The number of alkyl halides is 1. The number of rotatable bonds is 5. The third-order valence-electron chi connectivity index (χ3n) is 5.77. The fourth-order valence-corrected chi connectivity index (χ4v) is 4.11. The van der Waals surface area contributed by atoms with Crippen LogP contribution in [0.2, 0.25) is 10.0 Å². The van der Waals surface area contributed by atoms with Crippen molar-refractivity contribution in [3.8, 4) is 11.3 Å². The van der Waals surface area contributed by atoms with Crippen molar-refractivity contribution in [3.05, 3.63) is 39.6 Å². The van der Waals surface area contributed by atoms with Gasteiger partial charge < -0.3 is 15.7 Å². The Hall–Kier alpha value is -1.47. The minimum atomic E-state index is -0.493. The molecule has 0 aliphatic carbocycles. The molecular weight excluding hydrogens is 402 g/mol. The van der Waals surface area contributed by atoms with Gasteiger partial charge in [0.1, 0.15) is 5.69 Å². The Morgan fingerprint density at radius 3 is 2.54 bits per heavy atom. The van der Waals surface area contributed by atoms with Crippen molar-refractivity contribution in [2.24, 2.45) is 11.1 Å². The number of anilines is 1. The number of nitrogens with two attached hydrogens (primary N) is 1. The molecule has 1 aliphatic rings. The Kier molecular flexibility index (Phi) is 6.44. The normalized spacial score (nSPS) is 17.6. The van der Waals surface area contributed by atoms with Gasteiger partial charge in [0, 0.05) is 30.1 Å². The van der Waals surface area contributed by atoms with Gasteiger partial charge in [-0.25, -0.2) is 9.97 Å². The molecule has 0 bridgehead atoms. The van der Waals surface area contributed by atoms with Crippen molar-refractivity contribution in [3.63, 3.8) is 0 Å². The van der Waals surface area contributed by atoms with E-state index in [1.54, 1.807) is 12.1 Å². The fraction of sp³-hybridized carbons (Fsp3) is 0.500. The highest BCUT2D eigenvalue weighted by Gasteiger charge is 2.39. The second-order valence-electron chi connectivity index (χ2n) is 7.46. The molecule has 1 atom stereocenters. The van der Waals surface area contributed by atoms with E-state index < -0.39 is 12.1 Å². The van der Waals surface area contributed by atoms with Gasteiger partial charge >= 0.3 is 0 Å². The third kappa shape index (κ3) is 3.83. The molecule has 2 aromatic rings. The summed E-state index contributed by atoms with van der Waals surface area (Å²) in [6.45, 7) is 4.26. The fourth-order valence-electron chi connectivity index (χ4n) is 3.72. The average molecular weight is 427 g/mol. The van der Waals surface area contributed by atoms with Gasteiger partial charge in [-0.05, 0) is 32.8 Å². The maximum atomic E-state index is 13.6. The number of nitrogens with zero attached hydrogens (tertiary/aromatic N) is 3. The zero-order valence-corrected chi connectivity index (χ0v) is 17.6. The lowest BCUT2D eigenvalue weighted by atomic mass is 9.74. The van der Waals surface area contributed by atoms with E-state index in [4.69, 9.17) is 33.9 Å². The smallest absolute Gasteiger partial charge is 0.153 e.